The molecule has 0 bridgehead atoms. The molecule has 0 heterocycles. The summed E-state index contributed by atoms with van der Waals surface area (Å²) >= 11 is 12.4. The zero-order chi connectivity index (χ0) is 14.7. The van der Waals surface area contributed by atoms with Gasteiger partial charge in [0.1, 0.15) is 0 Å². The third-order valence-electron chi connectivity index (χ3n) is 2.90. The number of halogens is 2. The summed E-state index contributed by atoms with van der Waals surface area (Å²) in [4.78, 5) is 10.8. The van der Waals surface area contributed by atoms with Gasteiger partial charge in [-0.1, -0.05) is 47.5 Å². The first kappa shape index (κ1) is 18.3. The van der Waals surface area contributed by atoms with Crippen LogP contribution in [0.4, 0.5) is 11.4 Å². The molecule has 1 N–H and O–H groups in total. The zero-order valence-corrected chi connectivity index (χ0v) is 15.3. The van der Waals surface area contributed by atoms with Crippen molar-refractivity contribution in [2.24, 2.45) is 0 Å². The minimum Gasteiger partial charge on any atom is -0.550 e. The van der Waals surface area contributed by atoms with Gasteiger partial charge >= 0.3 is 29.6 Å². The molecule has 0 saturated heterocycles. The Bertz CT molecular complexity index is 662. The fourth-order valence-electron chi connectivity index (χ4n) is 1.86. The van der Waals surface area contributed by atoms with Crippen LogP contribution < -0.4 is 40.0 Å². The molecule has 0 saturated carbocycles. The number of carboxylic acids is 1. The van der Waals surface area contributed by atoms with Crippen molar-refractivity contribution in [1.29, 1.82) is 0 Å². The zero-order valence-electron chi connectivity index (χ0n) is 11.7. The van der Waals surface area contributed by atoms with E-state index in [1.807, 2.05) is 13.0 Å². The number of anilines is 2. The van der Waals surface area contributed by atoms with Gasteiger partial charge in [0.25, 0.3) is 0 Å². The molecule has 2 aromatic rings. The minimum absolute atomic E-state index is 0. The predicted molar refractivity (Wildman–Crippen MR) is 79.6 cm³/mol. The number of nitrogens with one attached hydrogen (secondary N) is 1. The first-order valence-electron chi connectivity index (χ1n) is 5.98. The van der Waals surface area contributed by atoms with Crippen molar-refractivity contribution >= 4 is 40.5 Å². The van der Waals surface area contributed by atoms with E-state index in [9.17, 15) is 9.90 Å². The Balaban J connectivity index is 0.00000220. The third kappa shape index (κ3) is 4.63. The molecule has 6 heteroatoms. The minimum atomic E-state index is -1.14. The molecular formula is C15H12Cl2NNaO2. The van der Waals surface area contributed by atoms with Crippen LogP contribution in [0.2, 0.25) is 10.0 Å². The first-order chi connectivity index (χ1) is 9.49. The van der Waals surface area contributed by atoms with E-state index >= 15 is 0 Å². The molecule has 3 nitrogen and oxygen atoms in total. The second-order valence-corrected chi connectivity index (χ2v) is 5.17. The number of benzene rings is 2. The van der Waals surface area contributed by atoms with E-state index in [2.05, 4.69) is 5.32 Å². The summed E-state index contributed by atoms with van der Waals surface area (Å²) in [6.45, 7) is 1.87. The Kier molecular flexibility index (Phi) is 7.04. The number of carboxylic acid groups (broad SMARTS) is 1. The number of para-hydroxylation sites is 1. The second kappa shape index (κ2) is 8.06. The summed E-state index contributed by atoms with van der Waals surface area (Å²) < 4.78 is 0. The van der Waals surface area contributed by atoms with E-state index in [1.54, 1.807) is 30.3 Å². The maximum atomic E-state index is 10.8. The summed E-state index contributed by atoms with van der Waals surface area (Å²) in [6.07, 6.45) is -0.176. The van der Waals surface area contributed by atoms with Crippen molar-refractivity contribution in [2.75, 3.05) is 5.32 Å². The van der Waals surface area contributed by atoms with E-state index in [4.69, 9.17) is 23.2 Å². The van der Waals surface area contributed by atoms with E-state index in [1.165, 1.54) is 0 Å². The second-order valence-electron chi connectivity index (χ2n) is 4.38. The Morgan fingerprint density at radius 3 is 2.52 bits per heavy atom. The van der Waals surface area contributed by atoms with Crippen molar-refractivity contribution in [3.63, 3.8) is 0 Å². The van der Waals surface area contributed by atoms with Gasteiger partial charge in [0.05, 0.1) is 15.7 Å². The monoisotopic (exact) mass is 331 g/mol. The smallest absolute Gasteiger partial charge is 0.550 e. The van der Waals surface area contributed by atoms with E-state index in [0.717, 1.165) is 5.56 Å². The van der Waals surface area contributed by atoms with E-state index in [-0.39, 0.29) is 36.0 Å². The molecule has 0 aliphatic heterocycles. The van der Waals surface area contributed by atoms with Gasteiger partial charge in [-0.05, 0) is 30.2 Å². The van der Waals surface area contributed by atoms with Gasteiger partial charge < -0.3 is 15.2 Å². The molecule has 0 atom stereocenters. The molecule has 0 amide bonds. The van der Waals surface area contributed by atoms with Crippen molar-refractivity contribution in [3.8, 4) is 0 Å². The maximum absolute atomic E-state index is 10.8. The van der Waals surface area contributed by atoms with Crippen molar-refractivity contribution in [3.05, 3.63) is 57.6 Å². The summed E-state index contributed by atoms with van der Waals surface area (Å²) in [6, 6.07) is 10.6. The summed E-state index contributed by atoms with van der Waals surface area (Å²) in [5, 5.41) is 14.9. The van der Waals surface area contributed by atoms with Crippen LogP contribution >= 0.6 is 23.2 Å². The van der Waals surface area contributed by atoms with Crippen LogP contribution in [0, 0.1) is 6.92 Å². The molecule has 21 heavy (non-hydrogen) atoms. The van der Waals surface area contributed by atoms with Gasteiger partial charge in [0, 0.05) is 18.1 Å². The van der Waals surface area contributed by atoms with Gasteiger partial charge in [0.15, 0.2) is 0 Å². The quantitative estimate of drug-likeness (QED) is 0.822. The standard InChI is InChI=1S/C15H13Cl2NO2.Na/c1-9-6-7-11(16)15(14(9)17)18-12-5-3-2-4-10(12)8-13(19)20;/h2-7,18H,8H2,1H3,(H,19,20);/q;+1/p-1. The molecule has 2 aromatic carbocycles. The van der Waals surface area contributed by atoms with Gasteiger partial charge in [-0.25, -0.2) is 0 Å². The molecule has 0 aromatic heterocycles. The number of hydrogen-bond acceptors (Lipinski definition) is 3. The van der Waals surface area contributed by atoms with Crippen LogP contribution in [0.3, 0.4) is 0 Å². The Morgan fingerprint density at radius 2 is 1.86 bits per heavy atom. The van der Waals surface area contributed by atoms with Crippen LogP contribution in [0.1, 0.15) is 11.1 Å². The predicted octanol–water partition coefficient (Wildman–Crippen LogP) is 0.342. The number of carbonyl (C=O) groups is 1. The van der Waals surface area contributed by atoms with Gasteiger partial charge in [0.2, 0.25) is 0 Å². The van der Waals surface area contributed by atoms with Crippen LogP contribution in [0.25, 0.3) is 0 Å². The Hall–Kier alpha value is -0.710. The molecule has 0 radical (unpaired) electrons. The Morgan fingerprint density at radius 1 is 1.19 bits per heavy atom. The maximum Gasteiger partial charge on any atom is 1.00 e. The van der Waals surface area contributed by atoms with Crippen LogP contribution in [-0.4, -0.2) is 5.97 Å². The fourth-order valence-corrected chi connectivity index (χ4v) is 2.32. The van der Waals surface area contributed by atoms with Gasteiger partial charge in [-0.15, -0.1) is 0 Å². The van der Waals surface area contributed by atoms with Crippen molar-refractivity contribution in [1.82, 2.24) is 0 Å². The van der Waals surface area contributed by atoms with Crippen molar-refractivity contribution < 1.29 is 39.5 Å². The number of aryl methyl sites for hydroxylation is 1. The van der Waals surface area contributed by atoms with Crippen LogP contribution in [-0.2, 0) is 11.2 Å². The largest absolute Gasteiger partial charge is 1.00 e. The van der Waals surface area contributed by atoms with Crippen LogP contribution in [0.15, 0.2) is 36.4 Å². The molecule has 0 spiro atoms. The molecular weight excluding hydrogens is 320 g/mol. The topological polar surface area (TPSA) is 52.2 Å². The number of aliphatic carboxylic acids is 1. The fraction of sp³-hybridized carbons (Fsp3) is 0.133. The molecule has 104 valence electrons. The van der Waals surface area contributed by atoms with E-state index in [0.29, 0.717) is 27.0 Å². The molecule has 0 fully saturated rings. The molecule has 0 aliphatic rings. The molecule has 0 unspecified atom stereocenters. The average Bonchev–Trinajstić information content (AvgIpc) is 2.40. The van der Waals surface area contributed by atoms with Crippen LogP contribution in [0.5, 0.6) is 0 Å². The van der Waals surface area contributed by atoms with Gasteiger partial charge in [-0.2, -0.15) is 0 Å². The number of hydrogen-bond donors (Lipinski definition) is 1. The Labute approximate surface area is 155 Å². The summed E-state index contributed by atoms with van der Waals surface area (Å²) in [7, 11) is 0. The molecule has 2 rings (SSSR count). The summed E-state index contributed by atoms with van der Waals surface area (Å²) in [5.41, 5.74) is 2.71. The van der Waals surface area contributed by atoms with Gasteiger partial charge in [-0.3, -0.25) is 0 Å². The number of carbonyl (C=O) groups excluding carboxylic acids is 1. The average molecular weight is 332 g/mol. The molecule has 0 aliphatic carbocycles. The SMILES string of the molecule is Cc1ccc(Cl)c(Nc2ccccc2CC(=O)[O-])c1Cl.[Na+]. The normalized spacial score (nSPS) is 9.86. The van der Waals surface area contributed by atoms with E-state index < -0.39 is 5.97 Å². The first-order valence-corrected chi connectivity index (χ1v) is 6.74. The summed E-state index contributed by atoms with van der Waals surface area (Å²) in [5.74, 6) is -1.14. The third-order valence-corrected chi connectivity index (χ3v) is 3.70. The van der Waals surface area contributed by atoms with Crippen molar-refractivity contribution in [2.45, 2.75) is 13.3 Å². The number of rotatable bonds is 4.